The first-order chi connectivity index (χ1) is 19.3. The van der Waals surface area contributed by atoms with Crippen LogP contribution >= 0.6 is 11.6 Å². The minimum absolute atomic E-state index is 0.0576. The van der Waals surface area contributed by atoms with Gasteiger partial charge in [0.2, 0.25) is 11.8 Å². The molecule has 220 valence electrons. The van der Waals surface area contributed by atoms with Crippen LogP contribution in [0.5, 0.6) is 0 Å². The molecular formula is C32H40ClN3O4S. The molecule has 2 amide bonds. The normalized spacial score (nSPS) is 12.2. The third-order valence-corrected chi connectivity index (χ3v) is 8.84. The van der Waals surface area contributed by atoms with E-state index in [1.807, 2.05) is 58.9 Å². The number of nitrogens with one attached hydrogen (secondary N) is 1. The highest BCUT2D eigenvalue weighted by Crippen LogP contribution is 2.30. The highest BCUT2D eigenvalue weighted by atomic mass is 35.5. The van der Waals surface area contributed by atoms with Crippen molar-refractivity contribution in [1.29, 1.82) is 0 Å². The van der Waals surface area contributed by atoms with E-state index in [0.717, 1.165) is 21.0 Å². The lowest BCUT2D eigenvalue weighted by molar-refractivity contribution is -0.140. The van der Waals surface area contributed by atoms with Gasteiger partial charge in [-0.25, -0.2) is 8.42 Å². The molecule has 41 heavy (non-hydrogen) atoms. The molecule has 0 saturated heterocycles. The standard InChI is InChI=1S/C32H40ClN3O4S/c1-7-29(32(38)34-19-22(2)3)35(20-26-10-8-9-24(5)17-26)31(37)21-36(30-18-27(33)14-13-25(30)6)41(39,40)28-15-11-23(4)12-16-28/h8-18,22,29H,7,19-21H2,1-6H3,(H,34,38)/t29-/m0/s1. The molecule has 3 aromatic rings. The zero-order valence-electron chi connectivity index (χ0n) is 24.6. The molecule has 0 fully saturated rings. The Kier molecular flexibility index (Phi) is 11.0. The largest absolute Gasteiger partial charge is 0.354 e. The number of rotatable bonds is 12. The fraction of sp³-hybridized carbons (Fsp3) is 0.375. The van der Waals surface area contributed by atoms with Gasteiger partial charge in [-0.2, -0.15) is 0 Å². The lowest BCUT2D eigenvalue weighted by atomic mass is 10.1. The van der Waals surface area contributed by atoms with Crippen molar-refractivity contribution in [3.05, 3.63) is 94.0 Å². The molecule has 0 aliphatic heterocycles. The molecule has 3 rings (SSSR count). The number of amides is 2. The second kappa shape index (κ2) is 14.0. The highest BCUT2D eigenvalue weighted by molar-refractivity contribution is 7.92. The number of carbonyl (C=O) groups excluding carboxylic acids is 2. The lowest BCUT2D eigenvalue weighted by Crippen LogP contribution is -2.52. The van der Waals surface area contributed by atoms with E-state index in [2.05, 4.69) is 5.32 Å². The molecule has 0 saturated carbocycles. The second-order valence-electron chi connectivity index (χ2n) is 10.8. The van der Waals surface area contributed by atoms with Crippen molar-refractivity contribution in [3.63, 3.8) is 0 Å². The molecule has 1 N–H and O–H groups in total. The lowest BCUT2D eigenvalue weighted by Gasteiger charge is -2.33. The molecule has 0 spiro atoms. The average Bonchev–Trinajstić information content (AvgIpc) is 2.92. The summed E-state index contributed by atoms with van der Waals surface area (Å²) in [5.74, 6) is -0.527. The maximum Gasteiger partial charge on any atom is 0.264 e. The Bertz CT molecular complexity index is 1470. The molecule has 9 heteroatoms. The molecule has 7 nitrogen and oxygen atoms in total. The maximum atomic E-state index is 14.2. The van der Waals surface area contributed by atoms with Crippen molar-refractivity contribution in [2.24, 2.45) is 5.92 Å². The number of carbonyl (C=O) groups is 2. The summed E-state index contributed by atoms with van der Waals surface area (Å²) in [5, 5.41) is 3.29. The van der Waals surface area contributed by atoms with E-state index in [-0.39, 0.29) is 23.3 Å². The van der Waals surface area contributed by atoms with E-state index in [4.69, 9.17) is 11.6 Å². The van der Waals surface area contributed by atoms with Crippen molar-refractivity contribution in [2.75, 3.05) is 17.4 Å². The zero-order valence-corrected chi connectivity index (χ0v) is 26.2. The summed E-state index contributed by atoms with van der Waals surface area (Å²) in [7, 11) is -4.17. The molecule has 0 heterocycles. The first kappa shape index (κ1) is 32.2. The Morgan fingerprint density at radius 1 is 0.927 bits per heavy atom. The number of anilines is 1. The first-order valence-electron chi connectivity index (χ1n) is 13.8. The Hall–Kier alpha value is -3.36. The molecule has 0 aliphatic carbocycles. The molecular weight excluding hydrogens is 558 g/mol. The fourth-order valence-corrected chi connectivity index (χ4v) is 6.19. The van der Waals surface area contributed by atoms with E-state index in [1.54, 1.807) is 37.3 Å². The number of halogens is 1. The van der Waals surface area contributed by atoms with Crippen LogP contribution in [-0.2, 0) is 26.2 Å². The van der Waals surface area contributed by atoms with Gasteiger partial charge in [-0.1, -0.05) is 86.0 Å². The number of aryl methyl sites for hydroxylation is 3. The van der Waals surface area contributed by atoms with Crippen LogP contribution < -0.4 is 9.62 Å². The third-order valence-electron chi connectivity index (χ3n) is 6.83. The quantitative estimate of drug-likeness (QED) is 0.276. The van der Waals surface area contributed by atoms with Crippen LogP contribution in [0.15, 0.2) is 71.6 Å². The predicted octanol–water partition coefficient (Wildman–Crippen LogP) is 6.04. The minimum atomic E-state index is -4.17. The van der Waals surface area contributed by atoms with Gasteiger partial charge >= 0.3 is 0 Å². The molecule has 0 unspecified atom stereocenters. The summed E-state index contributed by atoms with van der Waals surface area (Å²) in [4.78, 5) is 29.1. The summed E-state index contributed by atoms with van der Waals surface area (Å²) in [6, 6.07) is 18.4. The van der Waals surface area contributed by atoms with E-state index in [1.165, 1.54) is 17.0 Å². The van der Waals surface area contributed by atoms with Crippen LogP contribution in [0.2, 0.25) is 5.02 Å². The van der Waals surface area contributed by atoms with Crippen molar-refractivity contribution >= 4 is 39.1 Å². The van der Waals surface area contributed by atoms with Gasteiger partial charge in [0.05, 0.1) is 10.6 Å². The minimum Gasteiger partial charge on any atom is -0.354 e. The predicted molar refractivity (Wildman–Crippen MR) is 166 cm³/mol. The van der Waals surface area contributed by atoms with Crippen LogP contribution in [0.4, 0.5) is 5.69 Å². The number of nitrogens with zero attached hydrogens (tertiary/aromatic N) is 2. The molecule has 0 aromatic heterocycles. The van der Waals surface area contributed by atoms with Gasteiger partial charge in [-0.3, -0.25) is 13.9 Å². The van der Waals surface area contributed by atoms with Gasteiger partial charge in [-0.15, -0.1) is 0 Å². The van der Waals surface area contributed by atoms with Gasteiger partial charge in [0.1, 0.15) is 12.6 Å². The Morgan fingerprint density at radius 2 is 1.61 bits per heavy atom. The van der Waals surface area contributed by atoms with Gasteiger partial charge in [0.25, 0.3) is 10.0 Å². The van der Waals surface area contributed by atoms with Crippen LogP contribution in [-0.4, -0.2) is 44.3 Å². The molecule has 0 aliphatic rings. The van der Waals surface area contributed by atoms with Crippen molar-refractivity contribution in [1.82, 2.24) is 10.2 Å². The van der Waals surface area contributed by atoms with Crippen molar-refractivity contribution < 1.29 is 18.0 Å². The topological polar surface area (TPSA) is 86.8 Å². The number of sulfonamides is 1. The highest BCUT2D eigenvalue weighted by Gasteiger charge is 2.34. The Balaban J connectivity index is 2.09. The Morgan fingerprint density at radius 3 is 2.22 bits per heavy atom. The van der Waals surface area contributed by atoms with Crippen molar-refractivity contribution in [2.45, 2.75) is 65.4 Å². The smallest absolute Gasteiger partial charge is 0.264 e. The second-order valence-corrected chi connectivity index (χ2v) is 13.1. The summed E-state index contributed by atoms with van der Waals surface area (Å²) < 4.78 is 29.2. The monoisotopic (exact) mass is 597 g/mol. The molecule has 0 bridgehead atoms. The number of hydrogen-bond acceptors (Lipinski definition) is 4. The van der Waals surface area contributed by atoms with Crippen LogP contribution in [0.25, 0.3) is 0 Å². The van der Waals surface area contributed by atoms with Crippen LogP contribution in [0, 0.1) is 26.7 Å². The van der Waals surface area contributed by atoms with Crippen molar-refractivity contribution in [3.8, 4) is 0 Å². The molecule has 3 aromatic carbocycles. The van der Waals surface area contributed by atoms with E-state index in [0.29, 0.717) is 29.2 Å². The zero-order chi connectivity index (χ0) is 30.3. The number of benzene rings is 3. The van der Waals surface area contributed by atoms with E-state index in [9.17, 15) is 18.0 Å². The fourth-order valence-electron chi connectivity index (χ4n) is 4.55. The number of hydrogen-bond donors (Lipinski definition) is 1. The molecule has 1 atom stereocenters. The third kappa shape index (κ3) is 8.33. The first-order valence-corrected chi connectivity index (χ1v) is 15.6. The molecule has 0 radical (unpaired) electrons. The van der Waals surface area contributed by atoms with E-state index >= 15 is 0 Å². The summed E-state index contributed by atoms with van der Waals surface area (Å²) in [5.41, 5.74) is 3.72. The average molecular weight is 598 g/mol. The van der Waals surface area contributed by atoms with Crippen LogP contribution in [0.1, 0.15) is 49.4 Å². The van der Waals surface area contributed by atoms with Crippen LogP contribution in [0.3, 0.4) is 0 Å². The summed E-state index contributed by atoms with van der Waals surface area (Å²) in [6.07, 6.45) is 0.363. The van der Waals surface area contributed by atoms with Gasteiger partial charge < -0.3 is 10.2 Å². The van der Waals surface area contributed by atoms with Gasteiger partial charge in [-0.05, 0) is 68.5 Å². The Labute approximate surface area is 249 Å². The summed E-state index contributed by atoms with van der Waals surface area (Å²) in [6.45, 7) is 11.6. The van der Waals surface area contributed by atoms with Gasteiger partial charge in [0, 0.05) is 18.1 Å². The van der Waals surface area contributed by atoms with Gasteiger partial charge in [0.15, 0.2) is 0 Å². The van der Waals surface area contributed by atoms with E-state index < -0.39 is 28.5 Å². The SMILES string of the molecule is CC[C@@H](C(=O)NCC(C)C)N(Cc1cccc(C)c1)C(=O)CN(c1cc(Cl)ccc1C)S(=O)(=O)c1ccc(C)cc1. The summed E-state index contributed by atoms with van der Waals surface area (Å²) >= 11 is 6.30. The maximum absolute atomic E-state index is 14.2.